The Morgan fingerprint density at radius 1 is 1.23 bits per heavy atom. The van der Waals surface area contributed by atoms with Crippen LogP contribution >= 0.6 is 0 Å². The minimum Gasteiger partial charge on any atom is -0.465 e. The normalized spacial score (nSPS) is 22.7. The first kappa shape index (κ1) is 15.5. The highest BCUT2D eigenvalue weighted by molar-refractivity contribution is 5.85. The summed E-state index contributed by atoms with van der Waals surface area (Å²) in [5, 5.41) is 0. The maximum atomic E-state index is 15.0. The van der Waals surface area contributed by atoms with E-state index in [2.05, 4.69) is 4.90 Å². The summed E-state index contributed by atoms with van der Waals surface area (Å²) >= 11 is 0. The van der Waals surface area contributed by atoms with E-state index in [0.717, 1.165) is 11.5 Å². The number of likely N-dealkylation sites (tertiary alicyclic amines) is 1. The predicted molar refractivity (Wildman–Crippen MR) is 79.2 cm³/mol. The predicted octanol–water partition coefficient (Wildman–Crippen LogP) is 1.75. The fourth-order valence-electron chi connectivity index (χ4n) is 3.12. The average Bonchev–Trinajstić information content (AvgIpc) is 2.95. The molecule has 3 heterocycles. The Morgan fingerprint density at radius 2 is 1.91 bits per heavy atom. The van der Waals surface area contributed by atoms with E-state index in [1.165, 1.54) is 0 Å². The number of piperidine rings is 1. The number of furan rings is 1. The summed E-state index contributed by atoms with van der Waals surface area (Å²) in [5.74, 6) is 1.42. The smallest absolute Gasteiger partial charge is 0.260 e. The van der Waals surface area contributed by atoms with Crippen molar-refractivity contribution in [2.45, 2.75) is 32.0 Å². The number of ether oxygens (including phenoxy) is 1. The number of carbonyl (C=O) groups is 1. The number of nitrogens with zero attached hydrogens (tertiary/aromatic N) is 2. The summed E-state index contributed by atoms with van der Waals surface area (Å²) in [5.41, 5.74) is -1.72. The summed E-state index contributed by atoms with van der Waals surface area (Å²) in [6.45, 7) is 5.75. The van der Waals surface area contributed by atoms with Crippen molar-refractivity contribution in [3.8, 4) is 0 Å². The third kappa shape index (κ3) is 3.33. The van der Waals surface area contributed by atoms with E-state index in [1.807, 2.05) is 19.1 Å². The topological polar surface area (TPSA) is 45.9 Å². The molecular formula is C16H23FN2O3. The second kappa shape index (κ2) is 6.38. The Balaban J connectivity index is 1.54. The highest BCUT2D eigenvalue weighted by Crippen LogP contribution is 2.30. The zero-order valence-electron chi connectivity index (χ0n) is 13.0. The highest BCUT2D eigenvalue weighted by Gasteiger charge is 2.44. The van der Waals surface area contributed by atoms with Crippen LogP contribution in [0.4, 0.5) is 4.39 Å². The maximum Gasteiger partial charge on any atom is 0.260 e. The summed E-state index contributed by atoms with van der Waals surface area (Å²) < 4.78 is 25.8. The molecule has 2 saturated heterocycles. The van der Waals surface area contributed by atoms with Crippen LogP contribution in [0.2, 0.25) is 0 Å². The zero-order valence-corrected chi connectivity index (χ0v) is 13.0. The first-order valence-corrected chi connectivity index (χ1v) is 7.90. The van der Waals surface area contributed by atoms with Crippen molar-refractivity contribution in [1.29, 1.82) is 0 Å². The number of rotatable bonds is 3. The minimum absolute atomic E-state index is 0.253. The molecule has 6 heteroatoms. The molecule has 0 aliphatic carbocycles. The number of aryl methyl sites for hydroxylation is 1. The van der Waals surface area contributed by atoms with Gasteiger partial charge < -0.3 is 14.1 Å². The molecule has 0 unspecified atom stereocenters. The molecule has 1 amide bonds. The van der Waals surface area contributed by atoms with Crippen molar-refractivity contribution >= 4 is 5.91 Å². The highest BCUT2D eigenvalue weighted by atomic mass is 19.1. The Hall–Kier alpha value is -1.40. The summed E-state index contributed by atoms with van der Waals surface area (Å²) in [6.07, 6.45) is 0.506. The molecule has 0 atom stereocenters. The molecule has 0 saturated carbocycles. The molecule has 1 aromatic rings. The van der Waals surface area contributed by atoms with Crippen molar-refractivity contribution in [2.75, 3.05) is 39.4 Å². The van der Waals surface area contributed by atoms with Crippen LogP contribution in [0, 0.1) is 6.92 Å². The first-order chi connectivity index (χ1) is 10.6. The average molecular weight is 310 g/mol. The van der Waals surface area contributed by atoms with E-state index in [9.17, 15) is 9.18 Å². The van der Waals surface area contributed by atoms with Gasteiger partial charge in [0.1, 0.15) is 11.5 Å². The maximum absolute atomic E-state index is 15.0. The lowest BCUT2D eigenvalue weighted by Crippen LogP contribution is -2.54. The van der Waals surface area contributed by atoms with Crippen molar-refractivity contribution in [3.05, 3.63) is 23.7 Å². The van der Waals surface area contributed by atoms with Crippen LogP contribution in [0.15, 0.2) is 16.5 Å². The van der Waals surface area contributed by atoms with E-state index < -0.39 is 5.67 Å². The fraction of sp³-hybridized carbons (Fsp3) is 0.688. The lowest BCUT2D eigenvalue weighted by Gasteiger charge is -2.38. The summed E-state index contributed by atoms with van der Waals surface area (Å²) in [4.78, 5) is 16.1. The van der Waals surface area contributed by atoms with Crippen LogP contribution in [0.25, 0.3) is 0 Å². The molecule has 0 aromatic carbocycles. The number of amides is 1. The van der Waals surface area contributed by atoms with Gasteiger partial charge in [0.05, 0.1) is 19.8 Å². The van der Waals surface area contributed by atoms with Crippen LogP contribution in [0.3, 0.4) is 0 Å². The van der Waals surface area contributed by atoms with Crippen LogP contribution in [-0.2, 0) is 16.1 Å². The van der Waals surface area contributed by atoms with Crippen LogP contribution in [0.1, 0.15) is 24.4 Å². The first-order valence-electron chi connectivity index (χ1n) is 7.90. The molecule has 2 fully saturated rings. The summed E-state index contributed by atoms with van der Waals surface area (Å²) in [7, 11) is 0. The molecule has 0 N–H and O–H groups in total. The Bertz CT molecular complexity index is 517. The molecule has 22 heavy (non-hydrogen) atoms. The molecule has 2 aliphatic heterocycles. The lowest BCUT2D eigenvalue weighted by molar-refractivity contribution is -0.151. The van der Waals surface area contributed by atoms with Gasteiger partial charge in [-0.2, -0.15) is 0 Å². The molecule has 0 spiro atoms. The van der Waals surface area contributed by atoms with Gasteiger partial charge >= 0.3 is 0 Å². The number of morpholine rings is 1. The molecule has 2 aliphatic rings. The number of carbonyl (C=O) groups excluding carboxylic acids is 1. The van der Waals surface area contributed by atoms with Gasteiger partial charge in [0, 0.05) is 39.0 Å². The van der Waals surface area contributed by atoms with Crippen LogP contribution < -0.4 is 0 Å². The van der Waals surface area contributed by atoms with Gasteiger partial charge in [-0.3, -0.25) is 9.69 Å². The van der Waals surface area contributed by atoms with E-state index in [4.69, 9.17) is 9.15 Å². The lowest BCUT2D eigenvalue weighted by atomic mass is 9.91. The van der Waals surface area contributed by atoms with E-state index in [1.54, 1.807) is 4.90 Å². The molecule has 122 valence electrons. The third-order valence-electron chi connectivity index (χ3n) is 4.51. The van der Waals surface area contributed by atoms with E-state index in [0.29, 0.717) is 45.9 Å². The van der Waals surface area contributed by atoms with Crippen LogP contribution in [0.5, 0.6) is 0 Å². The molecule has 0 radical (unpaired) electrons. The van der Waals surface area contributed by atoms with Gasteiger partial charge in [0.15, 0.2) is 5.67 Å². The molecule has 1 aromatic heterocycles. The van der Waals surface area contributed by atoms with Gasteiger partial charge in [-0.25, -0.2) is 4.39 Å². The zero-order chi connectivity index (χ0) is 15.6. The standard InChI is InChI=1S/C16H23FN2O3/c1-13-2-3-14(22-13)12-18-6-4-16(17,5-7-18)15(20)19-8-10-21-11-9-19/h2-3H,4-12H2,1H3. The largest absolute Gasteiger partial charge is 0.465 e. The fourth-order valence-corrected chi connectivity index (χ4v) is 3.12. The Labute approximate surface area is 130 Å². The Kier molecular flexibility index (Phi) is 4.49. The number of halogens is 1. The minimum atomic E-state index is -1.72. The van der Waals surface area contributed by atoms with Gasteiger partial charge in [-0.1, -0.05) is 0 Å². The van der Waals surface area contributed by atoms with Crippen molar-refractivity contribution in [1.82, 2.24) is 9.80 Å². The summed E-state index contributed by atoms with van der Waals surface area (Å²) in [6, 6.07) is 3.88. The van der Waals surface area contributed by atoms with Crippen molar-refractivity contribution in [3.63, 3.8) is 0 Å². The molecule has 0 bridgehead atoms. The van der Waals surface area contributed by atoms with E-state index >= 15 is 0 Å². The second-order valence-electron chi connectivity index (χ2n) is 6.16. The van der Waals surface area contributed by atoms with Gasteiger partial charge in [-0.05, 0) is 19.1 Å². The molecular weight excluding hydrogens is 287 g/mol. The quantitative estimate of drug-likeness (QED) is 0.853. The van der Waals surface area contributed by atoms with Crippen LogP contribution in [-0.4, -0.2) is 60.8 Å². The number of alkyl halides is 1. The van der Waals surface area contributed by atoms with Gasteiger partial charge in [0.25, 0.3) is 5.91 Å². The number of hydrogen-bond acceptors (Lipinski definition) is 4. The third-order valence-corrected chi connectivity index (χ3v) is 4.51. The monoisotopic (exact) mass is 310 g/mol. The van der Waals surface area contributed by atoms with Crippen molar-refractivity contribution < 1.29 is 18.3 Å². The SMILES string of the molecule is Cc1ccc(CN2CCC(F)(C(=O)N3CCOCC3)CC2)o1. The van der Waals surface area contributed by atoms with E-state index in [-0.39, 0.29) is 18.7 Å². The number of hydrogen-bond donors (Lipinski definition) is 0. The van der Waals surface area contributed by atoms with Gasteiger partial charge in [-0.15, -0.1) is 0 Å². The Morgan fingerprint density at radius 3 is 2.50 bits per heavy atom. The second-order valence-corrected chi connectivity index (χ2v) is 6.16. The van der Waals surface area contributed by atoms with Crippen molar-refractivity contribution in [2.24, 2.45) is 0 Å². The van der Waals surface area contributed by atoms with Gasteiger partial charge in [0.2, 0.25) is 0 Å². The molecule has 3 rings (SSSR count). The molecule has 5 nitrogen and oxygen atoms in total.